The zero-order valence-corrected chi connectivity index (χ0v) is 19.8. The zero-order valence-electron chi connectivity index (χ0n) is 19.0. The van der Waals surface area contributed by atoms with Crippen LogP contribution in [0.25, 0.3) is 0 Å². The second-order valence-electron chi connectivity index (χ2n) is 8.07. The third-order valence-electron chi connectivity index (χ3n) is 5.64. The zero-order chi connectivity index (χ0) is 24.8. The van der Waals surface area contributed by atoms with E-state index in [0.717, 1.165) is 10.5 Å². The van der Waals surface area contributed by atoms with Gasteiger partial charge >= 0.3 is 11.9 Å². The van der Waals surface area contributed by atoms with Gasteiger partial charge in [0.15, 0.2) is 12.2 Å². The van der Waals surface area contributed by atoms with Crippen molar-refractivity contribution in [3.05, 3.63) is 102 Å². The molecular formula is C27H26O7S. The predicted octanol–water partition coefficient (Wildman–Crippen LogP) is 3.62. The molecule has 0 unspecified atom stereocenters. The number of rotatable bonds is 7. The summed E-state index contributed by atoms with van der Waals surface area (Å²) in [5, 5.41) is 20.8. The quantitative estimate of drug-likeness (QED) is 0.481. The van der Waals surface area contributed by atoms with Gasteiger partial charge in [-0.15, -0.1) is 0 Å². The first-order valence-corrected chi connectivity index (χ1v) is 12.0. The topological polar surface area (TPSA) is 102 Å². The number of aliphatic hydroxyl groups is 2. The monoisotopic (exact) mass is 494 g/mol. The van der Waals surface area contributed by atoms with Crippen LogP contribution >= 0.6 is 11.8 Å². The minimum atomic E-state index is -1.42. The molecule has 182 valence electrons. The molecule has 2 N–H and O–H groups in total. The number of esters is 2. The fraction of sp³-hybridized carbons (Fsp3) is 0.259. The van der Waals surface area contributed by atoms with Crippen LogP contribution in [0.1, 0.15) is 26.3 Å². The van der Waals surface area contributed by atoms with E-state index in [-0.39, 0.29) is 5.56 Å². The Morgan fingerprint density at radius 1 is 0.829 bits per heavy atom. The van der Waals surface area contributed by atoms with Crippen molar-refractivity contribution in [3.63, 3.8) is 0 Å². The number of hydrogen-bond acceptors (Lipinski definition) is 8. The molecule has 35 heavy (non-hydrogen) atoms. The molecule has 1 saturated heterocycles. The molecule has 1 aliphatic heterocycles. The fourth-order valence-corrected chi connectivity index (χ4v) is 4.95. The molecule has 3 aromatic carbocycles. The molecule has 0 aliphatic carbocycles. The van der Waals surface area contributed by atoms with Crippen molar-refractivity contribution in [2.24, 2.45) is 0 Å². The van der Waals surface area contributed by atoms with Crippen molar-refractivity contribution < 1.29 is 34.0 Å². The first-order valence-electron chi connectivity index (χ1n) is 11.2. The Bertz CT molecular complexity index is 1140. The summed E-state index contributed by atoms with van der Waals surface area (Å²) in [7, 11) is 0. The highest BCUT2D eigenvalue weighted by atomic mass is 32.2. The minimum absolute atomic E-state index is 0.281. The van der Waals surface area contributed by atoms with Crippen LogP contribution in [0.4, 0.5) is 0 Å². The van der Waals surface area contributed by atoms with Crippen LogP contribution in [0, 0.1) is 6.92 Å². The van der Waals surface area contributed by atoms with Gasteiger partial charge in [-0.05, 0) is 42.8 Å². The highest BCUT2D eigenvalue weighted by Crippen LogP contribution is 2.37. The number of carbonyl (C=O) groups excluding carboxylic acids is 2. The van der Waals surface area contributed by atoms with E-state index in [0.29, 0.717) is 5.56 Å². The van der Waals surface area contributed by atoms with Crippen LogP contribution in [0.15, 0.2) is 89.8 Å². The SMILES string of the molecule is Cc1ccccc1S[C@@H]1O[C@H](CO)[C@H](O)[C@H](OC(=O)c2ccccc2)[C@H]1OC(=O)c1ccccc1. The highest BCUT2D eigenvalue weighted by molar-refractivity contribution is 7.99. The molecule has 0 bridgehead atoms. The third kappa shape index (κ3) is 5.91. The molecule has 7 nitrogen and oxygen atoms in total. The van der Waals surface area contributed by atoms with Crippen LogP contribution in [-0.4, -0.2) is 58.6 Å². The maximum absolute atomic E-state index is 13.0. The van der Waals surface area contributed by atoms with E-state index in [1.807, 2.05) is 31.2 Å². The molecule has 0 saturated carbocycles. The molecule has 1 aliphatic rings. The number of benzene rings is 3. The van der Waals surface area contributed by atoms with Gasteiger partial charge in [0.1, 0.15) is 17.6 Å². The number of thioether (sulfide) groups is 1. The van der Waals surface area contributed by atoms with Gasteiger partial charge in [0.2, 0.25) is 0 Å². The number of ether oxygens (including phenoxy) is 3. The van der Waals surface area contributed by atoms with E-state index in [9.17, 15) is 19.8 Å². The Kier molecular flexibility index (Phi) is 8.20. The summed E-state index contributed by atoms with van der Waals surface area (Å²) >= 11 is 1.27. The van der Waals surface area contributed by atoms with Gasteiger partial charge in [-0.1, -0.05) is 66.4 Å². The van der Waals surface area contributed by atoms with Crippen molar-refractivity contribution in [1.29, 1.82) is 0 Å². The van der Waals surface area contributed by atoms with Crippen LogP contribution < -0.4 is 0 Å². The number of aryl methyl sites for hydroxylation is 1. The fourth-order valence-electron chi connectivity index (χ4n) is 3.74. The molecule has 1 fully saturated rings. The molecule has 0 aromatic heterocycles. The minimum Gasteiger partial charge on any atom is -0.452 e. The van der Waals surface area contributed by atoms with E-state index in [4.69, 9.17) is 14.2 Å². The second-order valence-corrected chi connectivity index (χ2v) is 9.21. The largest absolute Gasteiger partial charge is 0.452 e. The molecule has 0 amide bonds. The summed E-state index contributed by atoms with van der Waals surface area (Å²) in [6.07, 6.45) is -4.90. The van der Waals surface area contributed by atoms with Crippen molar-refractivity contribution >= 4 is 23.7 Å². The third-order valence-corrected chi connectivity index (χ3v) is 6.96. The molecular weight excluding hydrogens is 468 g/mol. The summed E-state index contributed by atoms with van der Waals surface area (Å²) in [5.41, 5.74) is 0.693. The smallest absolute Gasteiger partial charge is 0.338 e. The summed E-state index contributed by atoms with van der Waals surface area (Å²) in [5.74, 6) is -1.33. The van der Waals surface area contributed by atoms with Crippen LogP contribution in [-0.2, 0) is 14.2 Å². The molecule has 4 rings (SSSR count). The van der Waals surface area contributed by atoms with Crippen molar-refractivity contribution in [3.8, 4) is 0 Å². The molecule has 3 aromatic rings. The van der Waals surface area contributed by atoms with E-state index in [1.165, 1.54) is 11.8 Å². The standard InChI is InChI=1S/C27H26O7S/c1-17-10-8-9-15-21(17)35-27-24(34-26(31)19-13-6-3-7-14-19)23(22(29)20(16-28)32-27)33-25(30)18-11-4-2-5-12-18/h2-15,20,22-24,27-29H,16H2,1H3/t20-,22+,23+,24-,27+/m1/s1. The van der Waals surface area contributed by atoms with Gasteiger partial charge in [-0.25, -0.2) is 9.59 Å². The Hall–Kier alpha value is -3.17. The maximum Gasteiger partial charge on any atom is 0.338 e. The predicted molar refractivity (Wildman–Crippen MR) is 130 cm³/mol. The Morgan fingerprint density at radius 3 is 1.89 bits per heavy atom. The molecule has 5 atom stereocenters. The number of carbonyl (C=O) groups is 2. The Morgan fingerprint density at radius 2 is 1.34 bits per heavy atom. The summed E-state index contributed by atoms with van der Waals surface area (Å²) < 4.78 is 17.5. The van der Waals surface area contributed by atoms with Crippen molar-refractivity contribution in [2.75, 3.05) is 6.61 Å². The maximum atomic E-state index is 13.0. The van der Waals surface area contributed by atoms with E-state index in [1.54, 1.807) is 60.7 Å². The van der Waals surface area contributed by atoms with Gasteiger partial charge in [0, 0.05) is 4.90 Å². The molecule has 0 radical (unpaired) electrons. The average Bonchev–Trinajstić information content (AvgIpc) is 2.89. The Labute approximate surface area is 207 Å². The lowest BCUT2D eigenvalue weighted by Gasteiger charge is -2.43. The first kappa shape index (κ1) is 24.9. The van der Waals surface area contributed by atoms with Crippen molar-refractivity contribution in [2.45, 2.75) is 41.7 Å². The van der Waals surface area contributed by atoms with E-state index < -0.39 is 48.4 Å². The van der Waals surface area contributed by atoms with E-state index >= 15 is 0 Å². The Balaban J connectivity index is 1.67. The normalized spacial score (nSPS) is 23.9. The van der Waals surface area contributed by atoms with Crippen molar-refractivity contribution in [1.82, 2.24) is 0 Å². The van der Waals surface area contributed by atoms with Gasteiger partial charge in [-0.2, -0.15) is 0 Å². The average molecular weight is 495 g/mol. The summed E-state index contributed by atoms with van der Waals surface area (Å²) in [6.45, 7) is 1.42. The molecule has 8 heteroatoms. The number of hydrogen-bond donors (Lipinski definition) is 2. The summed E-state index contributed by atoms with van der Waals surface area (Å²) in [6, 6.07) is 24.3. The highest BCUT2D eigenvalue weighted by Gasteiger charge is 2.50. The molecule has 1 heterocycles. The lowest BCUT2D eigenvalue weighted by Crippen LogP contribution is -2.60. The summed E-state index contributed by atoms with van der Waals surface area (Å²) in [4.78, 5) is 26.7. The first-order chi connectivity index (χ1) is 17.0. The lowest BCUT2D eigenvalue weighted by molar-refractivity contribution is -0.206. The number of aliphatic hydroxyl groups excluding tert-OH is 2. The van der Waals surface area contributed by atoms with Gasteiger partial charge in [-0.3, -0.25) is 0 Å². The lowest BCUT2D eigenvalue weighted by atomic mass is 9.99. The van der Waals surface area contributed by atoms with Crippen LogP contribution in [0.5, 0.6) is 0 Å². The van der Waals surface area contributed by atoms with Gasteiger partial charge < -0.3 is 24.4 Å². The van der Waals surface area contributed by atoms with Gasteiger partial charge in [0.25, 0.3) is 0 Å². The van der Waals surface area contributed by atoms with E-state index in [2.05, 4.69) is 0 Å². The molecule has 0 spiro atoms. The van der Waals surface area contributed by atoms with Crippen LogP contribution in [0.3, 0.4) is 0 Å². The van der Waals surface area contributed by atoms with Crippen LogP contribution in [0.2, 0.25) is 0 Å². The second kappa shape index (κ2) is 11.5. The van der Waals surface area contributed by atoms with Gasteiger partial charge in [0.05, 0.1) is 17.7 Å².